The Kier molecular flexibility index (Phi) is 5.36. The Bertz CT molecular complexity index is 787. The summed E-state index contributed by atoms with van der Waals surface area (Å²) >= 11 is 0. The lowest BCUT2D eigenvalue weighted by Gasteiger charge is -2.35. The maximum Gasteiger partial charge on any atom is 0.410 e. The number of piperazine rings is 1. The van der Waals surface area contributed by atoms with Gasteiger partial charge in [0.2, 0.25) is 0 Å². The molecule has 1 aliphatic rings. The SMILES string of the molecule is Cc1cc(N2CCN(C(=O)OCc3ccccc3)CC2)ccc1[N+](=O)[O-]. The van der Waals surface area contributed by atoms with Crippen LogP contribution < -0.4 is 4.90 Å². The Morgan fingerprint density at radius 3 is 2.42 bits per heavy atom. The summed E-state index contributed by atoms with van der Waals surface area (Å²) in [6, 6.07) is 14.7. The molecule has 3 rings (SSSR count). The normalized spacial score (nSPS) is 14.2. The van der Waals surface area contributed by atoms with E-state index < -0.39 is 0 Å². The third-order valence-corrected chi connectivity index (χ3v) is 4.49. The molecule has 0 N–H and O–H groups in total. The fourth-order valence-electron chi connectivity index (χ4n) is 3.00. The maximum absolute atomic E-state index is 12.2. The highest BCUT2D eigenvalue weighted by atomic mass is 16.6. The van der Waals surface area contributed by atoms with Gasteiger partial charge in [-0.2, -0.15) is 0 Å². The van der Waals surface area contributed by atoms with Crippen LogP contribution in [-0.2, 0) is 11.3 Å². The molecule has 0 atom stereocenters. The van der Waals surface area contributed by atoms with Gasteiger partial charge in [-0.05, 0) is 24.6 Å². The predicted octanol–water partition coefficient (Wildman–Crippen LogP) is 3.36. The number of hydrogen-bond donors (Lipinski definition) is 0. The lowest BCUT2D eigenvalue weighted by Crippen LogP contribution is -2.48. The van der Waals surface area contributed by atoms with Gasteiger partial charge >= 0.3 is 6.09 Å². The highest BCUT2D eigenvalue weighted by molar-refractivity contribution is 5.68. The van der Waals surface area contributed by atoms with E-state index in [4.69, 9.17) is 4.74 Å². The second-order valence-electron chi connectivity index (χ2n) is 6.24. The minimum Gasteiger partial charge on any atom is -0.445 e. The van der Waals surface area contributed by atoms with Crippen LogP contribution in [0.1, 0.15) is 11.1 Å². The number of ether oxygens (including phenoxy) is 1. The van der Waals surface area contributed by atoms with Crippen LogP contribution >= 0.6 is 0 Å². The zero-order valence-electron chi connectivity index (χ0n) is 14.6. The topological polar surface area (TPSA) is 75.9 Å². The monoisotopic (exact) mass is 355 g/mol. The lowest BCUT2D eigenvalue weighted by atomic mass is 10.1. The van der Waals surface area contributed by atoms with Crippen LogP contribution in [0.3, 0.4) is 0 Å². The van der Waals surface area contributed by atoms with Crippen LogP contribution in [-0.4, -0.2) is 42.1 Å². The molecule has 1 amide bonds. The van der Waals surface area contributed by atoms with Crippen molar-refractivity contribution < 1.29 is 14.5 Å². The van der Waals surface area contributed by atoms with Gasteiger partial charge in [0.1, 0.15) is 6.61 Å². The predicted molar refractivity (Wildman–Crippen MR) is 98.2 cm³/mol. The van der Waals surface area contributed by atoms with Gasteiger partial charge in [-0.1, -0.05) is 30.3 Å². The van der Waals surface area contributed by atoms with E-state index in [1.807, 2.05) is 36.4 Å². The van der Waals surface area contributed by atoms with Crippen molar-refractivity contribution in [3.8, 4) is 0 Å². The zero-order valence-corrected chi connectivity index (χ0v) is 14.6. The van der Waals surface area contributed by atoms with Crippen molar-refractivity contribution in [2.45, 2.75) is 13.5 Å². The van der Waals surface area contributed by atoms with Crippen molar-refractivity contribution in [3.63, 3.8) is 0 Å². The average molecular weight is 355 g/mol. The Morgan fingerprint density at radius 2 is 1.81 bits per heavy atom. The van der Waals surface area contributed by atoms with Gasteiger partial charge in [-0.15, -0.1) is 0 Å². The first-order valence-electron chi connectivity index (χ1n) is 8.50. The Hall–Kier alpha value is -3.09. The molecule has 26 heavy (non-hydrogen) atoms. The second-order valence-corrected chi connectivity index (χ2v) is 6.24. The first kappa shape index (κ1) is 17.7. The molecule has 0 spiro atoms. The molecule has 1 saturated heterocycles. The van der Waals surface area contributed by atoms with Crippen LogP contribution in [0.2, 0.25) is 0 Å². The van der Waals surface area contributed by atoms with E-state index in [9.17, 15) is 14.9 Å². The molecule has 7 heteroatoms. The number of nitro groups is 1. The molecule has 1 aliphatic heterocycles. The molecule has 0 aliphatic carbocycles. The van der Waals surface area contributed by atoms with E-state index in [1.54, 1.807) is 17.9 Å². The maximum atomic E-state index is 12.2. The zero-order chi connectivity index (χ0) is 18.5. The number of benzene rings is 2. The first-order chi connectivity index (χ1) is 12.5. The van der Waals surface area contributed by atoms with E-state index >= 15 is 0 Å². The number of rotatable bonds is 4. The van der Waals surface area contributed by atoms with Crippen molar-refractivity contribution in [1.29, 1.82) is 0 Å². The van der Waals surface area contributed by atoms with Gasteiger partial charge < -0.3 is 14.5 Å². The Labute approximate surface area is 151 Å². The minimum absolute atomic E-state index is 0.122. The van der Waals surface area contributed by atoms with E-state index in [1.165, 1.54) is 6.07 Å². The second kappa shape index (κ2) is 7.86. The first-order valence-corrected chi connectivity index (χ1v) is 8.50. The number of aryl methyl sites for hydroxylation is 1. The Morgan fingerprint density at radius 1 is 1.12 bits per heavy atom. The molecular formula is C19H21N3O4. The van der Waals surface area contributed by atoms with Crippen molar-refractivity contribution >= 4 is 17.5 Å². The molecule has 136 valence electrons. The number of carbonyl (C=O) groups is 1. The van der Waals surface area contributed by atoms with E-state index in [2.05, 4.69) is 4.90 Å². The van der Waals surface area contributed by atoms with Crippen molar-refractivity contribution in [3.05, 3.63) is 69.8 Å². The van der Waals surface area contributed by atoms with Crippen LogP contribution in [0.4, 0.5) is 16.2 Å². The summed E-state index contributed by atoms with van der Waals surface area (Å²) in [5.74, 6) is 0. The summed E-state index contributed by atoms with van der Waals surface area (Å²) < 4.78 is 5.36. The molecule has 0 radical (unpaired) electrons. The summed E-state index contributed by atoms with van der Waals surface area (Å²) in [6.07, 6.45) is -0.312. The number of nitro benzene ring substituents is 1. The number of hydrogen-bond acceptors (Lipinski definition) is 5. The quantitative estimate of drug-likeness (QED) is 0.621. The molecule has 2 aromatic rings. The van der Waals surface area contributed by atoms with Crippen LogP contribution in [0.5, 0.6) is 0 Å². The van der Waals surface area contributed by atoms with Crippen LogP contribution in [0.25, 0.3) is 0 Å². The van der Waals surface area contributed by atoms with Crippen molar-refractivity contribution in [2.75, 3.05) is 31.1 Å². The van der Waals surface area contributed by atoms with E-state index in [-0.39, 0.29) is 23.3 Å². The summed E-state index contributed by atoms with van der Waals surface area (Å²) in [5.41, 5.74) is 2.65. The van der Waals surface area contributed by atoms with Gasteiger partial charge in [0.25, 0.3) is 5.69 Å². The van der Waals surface area contributed by atoms with Gasteiger partial charge in [0, 0.05) is 43.5 Å². The molecule has 7 nitrogen and oxygen atoms in total. The average Bonchev–Trinajstić information content (AvgIpc) is 2.66. The summed E-state index contributed by atoms with van der Waals surface area (Å²) in [6.45, 7) is 4.45. The summed E-state index contributed by atoms with van der Waals surface area (Å²) in [7, 11) is 0. The lowest BCUT2D eigenvalue weighted by molar-refractivity contribution is -0.385. The molecule has 0 unspecified atom stereocenters. The number of anilines is 1. The van der Waals surface area contributed by atoms with Gasteiger partial charge in [0.05, 0.1) is 4.92 Å². The third kappa shape index (κ3) is 4.11. The molecule has 1 heterocycles. The van der Waals surface area contributed by atoms with Crippen LogP contribution in [0, 0.1) is 17.0 Å². The molecule has 2 aromatic carbocycles. The highest BCUT2D eigenvalue weighted by Crippen LogP contribution is 2.25. The summed E-state index contributed by atoms with van der Waals surface area (Å²) in [5, 5.41) is 10.9. The molecule has 0 saturated carbocycles. The van der Waals surface area contributed by atoms with Gasteiger partial charge in [-0.3, -0.25) is 10.1 Å². The largest absolute Gasteiger partial charge is 0.445 e. The third-order valence-electron chi connectivity index (χ3n) is 4.49. The molecular weight excluding hydrogens is 334 g/mol. The fraction of sp³-hybridized carbons (Fsp3) is 0.316. The number of nitrogens with zero attached hydrogens (tertiary/aromatic N) is 3. The van der Waals surface area contributed by atoms with Crippen molar-refractivity contribution in [2.24, 2.45) is 0 Å². The van der Waals surface area contributed by atoms with Gasteiger partial charge in [-0.25, -0.2) is 4.79 Å². The summed E-state index contributed by atoms with van der Waals surface area (Å²) in [4.78, 5) is 26.6. The van der Waals surface area contributed by atoms with Crippen LogP contribution in [0.15, 0.2) is 48.5 Å². The fourth-order valence-corrected chi connectivity index (χ4v) is 3.00. The van der Waals surface area contributed by atoms with Crippen molar-refractivity contribution in [1.82, 2.24) is 4.90 Å². The van der Waals surface area contributed by atoms with E-state index in [0.29, 0.717) is 31.7 Å². The standard InChI is InChI=1S/C19H21N3O4/c1-15-13-17(7-8-18(15)22(24)25)20-9-11-21(12-10-20)19(23)26-14-16-5-3-2-4-6-16/h2-8,13H,9-12,14H2,1H3. The number of carbonyl (C=O) groups excluding carboxylic acids is 1. The van der Waals surface area contributed by atoms with E-state index in [0.717, 1.165) is 11.3 Å². The number of amides is 1. The Balaban J connectivity index is 1.53. The smallest absolute Gasteiger partial charge is 0.410 e. The molecule has 0 aromatic heterocycles. The molecule has 1 fully saturated rings. The minimum atomic E-state index is -0.375. The molecule has 0 bridgehead atoms. The van der Waals surface area contributed by atoms with Gasteiger partial charge in [0.15, 0.2) is 0 Å². The highest BCUT2D eigenvalue weighted by Gasteiger charge is 2.23.